The third-order valence-corrected chi connectivity index (χ3v) is 10.9. The molecule has 0 aliphatic carbocycles. The molecule has 0 aliphatic rings. The third kappa shape index (κ3) is 5.46. The molecule has 10 rings (SSSR count). The largest absolute Gasteiger partial charge is 0.307 e. The van der Waals surface area contributed by atoms with Crippen LogP contribution in [0.4, 0.5) is 0 Å². The maximum Gasteiger partial charge on any atom is 0.156 e. The van der Waals surface area contributed by atoms with E-state index in [4.69, 9.17) is 9.97 Å². The normalized spacial score (nSPS) is 12.0. The Bertz CT molecular complexity index is 3320. The van der Waals surface area contributed by atoms with Crippen molar-refractivity contribution < 1.29 is 0 Å². The first kappa shape index (κ1) is 33.7. The Labute approximate surface area is 330 Å². The van der Waals surface area contributed by atoms with Gasteiger partial charge >= 0.3 is 0 Å². The molecule has 3 heterocycles. The average molecular weight is 730 g/mol. The van der Waals surface area contributed by atoms with Gasteiger partial charge in [0.1, 0.15) is 11.6 Å². The molecule has 0 saturated heterocycles. The molecule has 5 heteroatoms. The average Bonchev–Trinajstić information content (AvgIpc) is 3.79. The van der Waals surface area contributed by atoms with Crippen molar-refractivity contribution in [2.45, 2.75) is 6.92 Å². The molecule has 3 aromatic heterocycles. The van der Waals surface area contributed by atoms with Gasteiger partial charge in [0.25, 0.3) is 0 Å². The molecule has 0 aliphatic heterocycles. The SMILES string of the molecule is C=C/C=C\C=C(/C)c1nc(-c2ccc3ccccc3c2)c(C#N)c(-c2cccc3c2c2ccc4c5ccccc5n(-c5ccccc5)c4c2n3-c2ccccc2)n1. The second kappa shape index (κ2) is 13.8. The van der Waals surface area contributed by atoms with Gasteiger partial charge in [-0.25, -0.2) is 9.97 Å². The van der Waals surface area contributed by atoms with Crippen molar-refractivity contribution in [2.24, 2.45) is 0 Å². The zero-order valence-corrected chi connectivity index (χ0v) is 31.3. The standard InChI is InChI=1S/C52H35N5/c1-3-4-7-17-34(2)52-54-48(37-29-28-35-18-12-13-19-36(35)32-37)44(33-53)49(55-52)42-25-16-27-46-47(42)43-31-30-41-40-24-14-15-26-45(40)56(38-20-8-5-9-21-38)50(41)51(43)57(46)39-22-10-6-11-23-39/h3-32H,1H2,2H3/b7-4-,34-17+. The van der Waals surface area contributed by atoms with Gasteiger partial charge in [0.15, 0.2) is 5.82 Å². The molecule has 0 atom stereocenters. The summed E-state index contributed by atoms with van der Waals surface area (Å²) in [6.45, 7) is 5.83. The number of allylic oxidation sites excluding steroid dienone is 5. The fraction of sp³-hybridized carbons (Fsp3) is 0.0192. The smallest absolute Gasteiger partial charge is 0.156 e. The van der Waals surface area contributed by atoms with Crippen LogP contribution < -0.4 is 0 Å². The van der Waals surface area contributed by atoms with E-state index in [0.29, 0.717) is 22.8 Å². The minimum absolute atomic E-state index is 0.427. The molecule has 10 aromatic rings. The van der Waals surface area contributed by atoms with Crippen LogP contribution in [-0.4, -0.2) is 19.1 Å². The molecule has 0 N–H and O–H groups in total. The van der Waals surface area contributed by atoms with Gasteiger partial charge in [-0.2, -0.15) is 5.26 Å². The zero-order chi connectivity index (χ0) is 38.5. The summed E-state index contributed by atoms with van der Waals surface area (Å²) < 4.78 is 4.76. The second-order valence-electron chi connectivity index (χ2n) is 14.2. The highest BCUT2D eigenvalue weighted by Crippen LogP contribution is 2.45. The van der Waals surface area contributed by atoms with E-state index in [-0.39, 0.29) is 0 Å². The van der Waals surface area contributed by atoms with Gasteiger partial charge < -0.3 is 9.13 Å². The van der Waals surface area contributed by atoms with Crippen LogP contribution >= 0.6 is 0 Å². The molecule has 0 radical (unpaired) electrons. The second-order valence-corrected chi connectivity index (χ2v) is 14.2. The van der Waals surface area contributed by atoms with Gasteiger partial charge in [0.05, 0.1) is 33.5 Å². The maximum atomic E-state index is 11.1. The minimum Gasteiger partial charge on any atom is -0.307 e. The van der Waals surface area contributed by atoms with Gasteiger partial charge in [-0.3, -0.25) is 0 Å². The van der Waals surface area contributed by atoms with Crippen LogP contribution in [0.1, 0.15) is 18.3 Å². The Balaban J connectivity index is 1.36. The Morgan fingerprint density at radius 1 is 0.596 bits per heavy atom. The Morgan fingerprint density at radius 2 is 1.23 bits per heavy atom. The lowest BCUT2D eigenvalue weighted by Gasteiger charge is -2.14. The van der Waals surface area contributed by atoms with E-state index in [2.05, 4.69) is 167 Å². The van der Waals surface area contributed by atoms with Crippen LogP contribution in [-0.2, 0) is 0 Å². The summed E-state index contributed by atoms with van der Waals surface area (Å²) in [4.78, 5) is 10.4. The van der Waals surface area contributed by atoms with Crippen LogP contribution in [0.3, 0.4) is 0 Å². The number of aromatic nitrogens is 4. The molecule has 5 nitrogen and oxygen atoms in total. The first-order valence-electron chi connectivity index (χ1n) is 19.0. The summed E-state index contributed by atoms with van der Waals surface area (Å²) in [5.41, 5.74) is 10.7. The van der Waals surface area contributed by atoms with E-state index in [0.717, 1.165) is 77.1 Å². The van der Waals surface area contributed by atoms with Gasteiger partial charge in [-0.1, -0.05) is 146 Å². The summed E-state index contributed by atoms with van der Waals surface area (Å²) in [6.07, 6.45) is 7.54. The molecule has 0 unspecified atom stereocenters. The number of rotatable bonds is 7. The van der Waals surface area contributed by atoms with E-state index >= 15 is 0 Å². The van der Waals surface area contributed by atoms with Crippen LogP contribution in [0.2, 0.25) is 0 Å². The first-order chi connectivity index (χ1) is 28.1. The predicted molar refractivity (Wildman–Crippen MR) is 237 cm³/mol. The summed E-state index contributed by atoms with van der Waals surface area (Å²) in [6, 6.07) is 57.7. The number of nitrogens with zero attached hydrogens (tertiary/aromatic N) is 5. The Hall–Kier alpha value is -7.81. The lowest BCUT2D eigenvalue weighted by molar-refractivity contribution is 1.11. The van der Waals surface area contributed by atoms with E-state index < -0.39 is 0 Å². The topological polar surface area (TPSA) is 59.4 Å². The van der Waals surface area contributed by atoms with Gasteiger partial charge in [-0.15, -0.1) is 0 Å². The van der Waals surface area contributed by atoms with Gasteiger partial charge in [0.2, 0.25) is 0 Å². The van der Waals surface area contributed by atoms with E-state index in [1.807, 2.05) is 37.3 Å². The van der Waals surface area contributed by atoms with Crippen molar-refractivity contribution in [1.82, 2.24) is 19.1 Å². The number of benzene rings is 7. The highest BCUT2D eigenvalue weighted by Gasteiger charge is 2.26. The van der Waals surface area contributed by atoms with Crippen molar-refractivity contribution in [1.29, 1.82) is 5.26 Å². The molecule has 0 spiro atoms. The molecule has 57 heavy (non-hydrogen) atoms. The summed E-state index contributed by atoms with van der Waals surface area (Å²) in [5, 5.41) is 17.7. The van der Waals surface area contributed by atoms with Crippen LogP contribution in [0, 0.1) is 11.3 Å². The van der Waals surface area contributed by atoms with Crippen LogP contribution in [0.25, 0.3) is 93.8 Å². The zero-order valence-electron chi connectivity index (χ0n) is 31.3. The monoisotopic (exact) mass is 729 g/mol. The molecular formula is C52H35N5. The first-order valence-corrected chi connectivity index (χ1v) is 19.0. The highest BCUT2D eigenvalue weighted by molar-refractivity contribution is 6.26. The number of nitriles is 1. The Kier molecular flexibility index (Phi) is 8.17. The highest BCUT2D eigenvalue weighted by atomic mass is 15.0. The minimum atomic E-state index is 0.427. The quantitative estimate of drug-likeness (QED) is 0.153. The predicted octanol–water partition coefficient (Wildman–Crippen LogP) is 13.2. The van der Waals surface area contributed by atoms with Crippen molar-refractivity contribution in [3.63, 3.8) is 0 Å². The third-order valence-electron chi connectivity index (χ3n) is 10.9. The summed E-state index contributed by atoms with van der Waals surface area (Å²) >= 11 is 0. The van der Waals surface area contributed by atoms with Crippen molar-refractivity contribution >= 4 is 60.0 Å². The molecule has 0 fully saturated rings. The summed E-state index contributed by atoms with van der Waals surface area (Å²) in [5.74, 6) is 0.552. The molecule has 0 saturated carbocycles. The van der Waals surface area contributed by atoms with Crippen LogP contribution in [0.15, 0.2) is 189 Å². The van der Waals surface area contributed by atoms with Crippen molar-refractivity contribution in [2.75, 3.05) is 0 Å². The van der Waals surface area contributed by atoms with E-state index in [9.17, 15) is 5.26 Å². The van der Waals surface area contributed by atoms with Gasteiger partial charge in [-0.05, 0) is 65.7 Å². The molecular weight excluding hydrogens is 695 g/mol. The van der Waals surface area contributed by atoms with E-state index in [1.54, 1.807) is 6.08 Å². The molecule has 0 bridgehead atoms. The number of fused-ring (bicyclic) bond motifs is 8. The van der Waals surface area contributed by atoms with Crippen LogP contribution in [0.5, 0.6) is 0 Å². The lowest BCUT2D eigenvalue weighted by Crippen LogP contribution is -2.03. The Morgan fingerprint density at radius 3 is 1.98 bits per heavy atom. The summed E-state index contributed by atoms with van der Waals surface area (Å²) in [7, 11) is 0. The number of hydrogen-bond acceptors (Lipinski definition) is 3. The molecule has 268 valence electrons. The van der Waals surface area contributed by atoms with Crippen molar-refractivity contribution in [3.8, 4) is 40.0 Å². The van der Waals surface area contributed by atoms with E-state index in [1.165, 1.54) is 5.39 Å². The number of hydrogen-bond donors (Lipinski definition) is 0. The van der Waals surface area contributed by atoms with Crippen molar-refractivity contribution in [3.05, 3.63) is 200 Å². The fourth-order valence-electron chi connectivity index (χ4n) is 8.32. The molecule has 0 amide bonds. The number of para-hydroxylation sites is 3. The van der Waals surface area contributed by atoms with Gasteiger partial charge in [0, 0.05) is 44.0 Å². The maximum absolute atomic E-state index is 11.1. The fourth-order valence-corrected chi connectivity index (χ4v) is 8.32. The lowest BCUT2D eigenvalue weighted by atomic mass is 9.95. The molecule has 7 aromatic carbocycles.